The van der Waals surface area contributed by atoms with Gasteiger partial charge in [0.1, 0.15) is 0 Å². The zero-order valence-electron chi connectivity index (χ0n) is 23.2. The Morgan fingerprint density at radius 2 is 1.62 bits per heavy atom. The maximum atomic E-state index is 3.78. The van der Waals surface area contributed by atoms with Crippen molar-refractivity contribution in [1.29, 1.82) is 0 Å². The topological polar surface area (TPSA) is 12.0 Å². The fourth-order valence-electron chi connectivity index (χ4n) is 6.46. The van der Waals surface area contributed by atoms with E-state index in [2.05, 4.69) is 134 Å². The van der Waals surface area contributed by atoms with Gasteiger partial charge in [0.15, 0.2) is 0 Å². The summed E-state index contributed by atoms with van der Waals surface area (Å²) in [7, 11) is 0. The highest BCUT2D eigenvalue weighted by Gasteiger charge is 2.23. The van der Waals surface area contributed by atoms with Gasteiger partial charge in [-0.15, -0.1) is 0 Å². The molecule has 3 aromatic carbocycles. The molecule has 1 N–H and O–H groups in total. The normalized spacial score (nSPS) is 22.0. The fourth-order valence-corrected chi connectivity index (χ4v) is 6.46. The Balaban J connectivity index is 1.16. The van der Waals surface area contributed by atoms with Gasteiger partial charge in [0, 0.05) is 23.6 Å². The zero-order valence-corrected chi connectivity index (χ0v) is 23.2. The number of aryl methyl sites for hydroxylation is 1. The van der Waals surface area contributed by atoms with E-state index in [4.69, 9.17) is 0 Å². The Bertz CT molecular complexity index is 1580. The highest BCUT2D eigenvalue weighted by molar-refractivity contribution is 5.72. The lowest BCUT2D eigenvalue weighted by atomic mass is 9.77. The van der Waals surface area contributed by atoms with Gasteiger partial charge in [0.25, 0.3) is 0 Å². The molecule has 39 heavy (non-hydrogen) atoms. The predicted molar refractivity (Wildman–Crippen MR) is 168 cm³/mol. The number of allylic oxidation sites excluding steroid dienone is 6. The molecule has 3 aliphatic rings. The number of nitrogens with one attached hydrogen (secondary N) is 1. The number of hydrogen-bond donors (Lipinski definition) is 1. The smallest absolute Gasteiger partial charge is 0.0484 e. The van der Waals surface area contributed by atoms with E-state index in [1.807, 2.05) is 0 Å². The van der Waals surface area contributed by atoms with Crippen LogP contribution in [0.15, 0.2) is 114 Å². The SMILES string of the molecule is CCCC1=CC=C(c2ccc(NC3C=C(C4C=c5ccccc5=CC4)C=CC3)cc2)CC1c1ccccc1C. The molecule has 0 aromatic heterocycles. The Labute approximate surface area is 233 Å². The highest BCUT2D eigenvalue weighted by atomic mass is 14.9. The quantitative estimate of drug-likeness (QED) is 0.338. The lowest BCUT2D eigenvalue weighted by Crippen LogP contribution is -2.29. The van der Waals surface area contributed by atoms with Crippen molar-refractivity contribution in [1.82, 2.24) is 0 Å². The summed E-state index contributed by atoms with van der Waals surface area (Å²) in [6, 6.07) is 27.0. The first-order valence-corrected chi connectivity index (χ1v) is 14.7. The number of benzene rings is 3. The van der Waals surface area contributed by atoms with E-state index in [1.165, 1.54) is 56.8 Å². The summed E-state index contributed by atoms with van der Waals surface area (Å²) in [5.74, 6) is 0.926. The fraction of sp³-hybridized carbons (Fsp3) is 0.263. The molecule has 0 spiro atoms. The molecule has 0 aliphatic heterocycles. The van der Waals surface area contributed by atoms with Gasteiger partial charge in [-0.1, -0.05) is 122 Å². The van der Waals surface area contributed by atoms with E-state index in [0.717, 1.165) is 19.3 Å². The zero-order chi connectivity index (χ0) is 26.6. The summed E-state index contributed by atoms with van der Waals surface area (Å²) >= 11 is 0. The maximum absolute atomic E-state index is 3.78. The Morgan fingerprint density at radius 1 is 0.821 bits per heavy atom. The van der Waals surface area contributed by atoms with Gasteiger partial charge < -0.3 is 5.32 Å². The van der Waals surface area contributed by atoms with Crippen molar-refractivity contribution in [2.75, 3.05) is 5.32 Å². The number of hydrogen-bond acceptors (Lipinski definition) is 1. The molecule has 0 amide bonds. The van der Waals surface area contributed by atoms with Crippen molar-refractivity contribution in [3.8, 4) is 0 Å². The largest absolute Gasteiger partial charge is 0.379 e. The van der Waals surface area contributed by atoms with Crippen LogP contribution in [-0.4, -0.2) is 6.04 Å². The summed E-state index contributed by atoms with van der Waals surface area (Å²) in [5, 5.41) is 6.50. The lowest BCUT2D eigenvalue weighted by Gasteiger charge is -2.27. The minimum absolute atomic E-state index is 0.320. The first-order chi connectivity index (χ1) is 19.2. The predicted octanol–water partition coefficient (Wildman–Crippen LogP) is 8.24. The van der Waals surface area contributed by atoms with E-state index < -0.39 is 0 Å². The van der Waals surface area contributed by atoms with E-state index in [1.54, 1.807) is 5.57 Å². The Hall–Kier alpha value is -3.84. The van der Waals surface area contributed by atoms with E-state index in [0.29, 0.717) is 17.9 Å². The van der Waals surface area contributed by atoms with Crippen LogP contribution in [-0.2, 0) is 0 Å². The summed E-state index contributed by atoms with van der Waals surface area (Å²) < 4.78 is 0. The molecule has 0 saturated heterocycles. The molecule has 0 radical (unpaired) electrons. The maximum Gasteiger partial charge on any atom is 0.0484 e. The molecule has 1 nitrogen and oxygen atoms in total. The summed E-state index contributed by atoms with van der Waals surface area (Å²) in [6.07, 6.45) is 22.2. The monoisotopic (exact) mass is 509 g/mol. The Morgan fingerprint density at radius 3 is 2.44 bits per heavy atom. The van der Waals surface area contributed by atoms with Crippen molar-refractivity contribution >= 4 is 23.4 Å². The molecule has 196 valence electrons. The molecule has 3 aliphatic carbocycles. The number of anilines is 1. The third kappa shape index (κ3) is 5.64. The molecule has 3 aromatic rings. The molecule has 0 fully saturated rings. The van der Waals surface area contributed by atoms with Crippen LogP contribution >= 0.6 is 0 Å². The van der Waals surface area contributed by atoms with Gasteiger partial charge in [-0.05, 0) is 83.0 Å². The molecule has 0 bridgehead atoms. The average Bonchev–Trinajstić information content (AvgIpc) is 2.98. The third-order valence-corrected chi connectivity index (χ3v) is 8.57. The minimum Gasteiger partial charge on any atom is -0.379 e. The van der Waals surface area contributed by atoms with Crippen LogP contribution in [0.4, 0.5) is 5.69 Å². The van der Waals surface area contributed by atoms with Gasteiger partial charge in [-0.25, -0.2) is 0 Å². The molecular weight excluding hydrogens is 470 g/mol. The van der Waals surface area contributed by atoms with Gasteiger partial charge in [-0.2, -0.15) is 0 Å². The minimum atomic E-state index is 0.320. The van der Waals surface area contributed by atoms with Crippen LogP contribution in [0, 0.1) is 12.8 Å². The lowest BCUT2D eigenvalue weighted by molar-refractivity contribution is 0.732. The average molecular weight is 510 g/mol. The molecule has 0 heterocycles. The van der Waals surface area contributed by atoms with Gasteiger partial charge in [0.2, 0.25) is 0 Å². The molecule has 0 saturated carbocycles. The van der Waals surface area contributed by atoms with Gasteiger partial charge in [0.05, 0.1) is 0 Å². The van der Waals surface area contributed by atoms with Crippen molar-refractivity contribution in [2.45, 2.75) is 57.9 Å². The molecule has 6 rings (SSSR count). The van der Waals surface area contributed by atoms with Crippen molar-refractivity contribution in [3.63, 3.8) is 0 Å². The summed E-state index contributed by atoms with van der Waals surface area (Å²) in [5.41, 5.74) is 9.81. The van der Waals surface area contributed by atoms with E-state index in [-0.39, 0.29) is 0 Å². The highest BCUT2D eigenvalue weighted by Crippen LogP contribution is 2.41. The van der Waals surface area contributed by atoms with E-state index in [9.17, 15) is 0 Å². The second-order valence-corrected chi connectivity index (χ2v) is 11.3. The standard InChI is InChI=1S/C38H39N/c1-3-9-30-17-19-34(26-38(30)37-15-7-4-10-27(37)2)29-20-22-35(23-21-29)39-36-14-8-13-32(25-36)33-18-16-28-11-5-6-12-31(28)24-33/h4-8,10-13,15-17,19-25,33,36,38-39H,3,9,14,18,26H2,1-2H3. The number of fused-ring (bicyclic) bond motifs is 1. The summed E-state index contributed by atoms with van der Waals surface area (Å²) in [6.45, 7) is 4.53. The first-order valence-electron chi connectivity index (χ1n) is 14.7. The van der Waals surface area contributed by atoms with Crippen LogP contribution < -0.4 is 15.8 Å². The number of rotatable bonds is 7. The molecular formula is C38H39N. The van der Waals surface area contributed by atoms with E-state index >= 15 is 0 Å². The molecule has 1 heteroatoms. The van der Waals surface area contributed by atoms with Crippen molar-refractivity contribution in [2.24, 2.45) is 5.92 Å². The van der Waals surface area contributed by atoms with Gasteiger partial charge >= 0.3 is 0 Å². The van der Waals surface area contributed by atoms with Crippen LogP contribution in [0.1, 0.15) is 61.6 Å². The third-order valence-electron chi connectivity index (χ3n) is 8.57. The second kappa shape index (κ2) is 11.5. The van der Waals surface area contributed by atoms with Crippen molar-refractivity contribution in [3.05, 3.63) is 141 Å². The molecule has 3 unspecified atom stereocenters. The molecule has 3 atom stereocenters. The van der Waals surface area contributed by atoms with Gasteiger partial charge in [-0.3, -0.25) is 0 Å². The van der Waals surface area contributed by atoms with Crippen LogP contribution in [0.25, 0.3) is 17.7 Å². The van der Waals surface area contributed by atoms with Crippen LogP contribution in [0.3, 0.4) is 0 Å². The first kappa shape index (κ1) is 25.4. The summed E-state index contributed by atoms with van der Waals surface area (Å²) in [4.78, 5) is 0. The van der Waals surface area contributed by atoms with Crippen molar-refractivity contribution < 1.29 is 0 Å². The Kier molecular flexibility index (Phi) is 7.50. The van der Waals surface area contributed by atoms with Crippen LogP contribution in [0.2, 0.25) is 0 Å². The second-order valence-electron chi connectivity index (χ2n) is 11.3. The van der Waals surface area contributed by atoms with Crippen LogP contribution in [0.5, 0.6) is 0 Å².